The van der Waals surface area contributed by atoms with Crippen LogP contribution in [0.4, 0.5) is 0 Å². The van der Waals surface area contributed by atoms with Crippen molar-refractivity contribution >= 4 is 0 Å². The van der Waals surface area contributed by atoms with Gasteiger partial charge in [0.2, 0.25) is 0 Å². The topological polar surface area (TPSA) is 15.3 Å². The van der Waals surface area contributed by atoms with Crippen LogP contribution < -0.4 is 5.32 Å². The summed E-state index contributed by atoms with van der Waals surface area (Å²) in [7, 11) is 0. The fourth-order valence-corrected chi connectivity index (χ4v) is 3.06. The number of nitrogens with one attached hydrogen (secondary N) is 1. The summed E-state index contributed by atoms with van der Waals surface area (Å²) in [5.74, 6) is 1.90. The molecule has 2 nitrogen and oxygen atoms in total. The van der Waals surface area contributed by atoms with E-state index in [0.29, 0.717) is 0 Å². The molecular weight excluding hydrogens is 208 g/mol. The Kier molecular flexibility index (Phi) is 7.14. The van der Waals surface area contributed by atoms with Gasteiger partial charge in [-0.25, -0.2) is 0 Å². The van der Waals surface area contributed by atoms with Crippen molar-refractivity contribution in [2.24, 2.45) is 11.8 Å². The maximum Gasteiger partial charge on any atom is 0.00961 e. The van der Waals surface area contributed by atoms with Gasteiger partial charge in [-0.05, 0) is 70.6 Å². The van der Waals surface area contributed by atoms with Gasteiger partial charge in [-0.1, -0.05) is 20.8 Å². The molecule has 17 heavy (non-hydrogen) atoms. The number of hydrogen-bond acceptors (Lipinski definition) is 2. The predicted octanol–water partition coefficient (Wildman–Crippen LogP) is 3.13. The lowest BCUT2D eigenvalue weighted by molar-refractivity contribution is 0.0958. The first-order chi connectivity index (χ1) is 8.27. The molecule has 0 bridgehead atoms. The van der Waals surface area contributed by atoms with Gasteiger partial charge in [0, 0.05) is 6.04 Å². The van der Waals surface area contributed by atoms with E-state index in [0.717, 1.165) is 17.9 Å². The first-order valence-electron chi connectivity index (χ1n) is 7.72. The Balaban J connectivity index is 0.000000686. The zero-order valence-corrected chi connectivity index (χ0v) is 12.3. The van der Waals surface area contributed by atoms with Gasteiger partial charge < -0.3 is 10.2 Å². The Morgan fingerprint density at radius 2 is 1.53 bits per heavy atom. The summed E-state index contributed by atoms with van der Waals surface area (Å²) < 4.78 is 0. The van der Waals surface area contributed by atoms with Crippen molar-refractivity contribution in [2.45, 2.75) is 59.4 Å². The van der Waals surface area contributed by atoms with Gasteiger partial charge in [0.1, 0.15) is 0 Å². The highest BCUT2D eigenvalue weighted by Gasteiger charge is 2.27. The van der Waals surface area contributed by atoms with Crippen molar-refractivity contribution in [2.75, 3.05) is 26.2 Å². The third-order valence-corrected chi connectivity index (χ3v) is 4.46. The van der Waals surface area contributed by atoms with Crippen molar-refractivity contribution in [3.63, 3.8) is 0 Å². The molecule has 1 N–H and O–H groups in total. The summed E-state index contributed by atoms with van der Waals surface area (Å²) in [6.07, 6.45) is 5.59. The Morgan fingerprint density at radius 3 is 2.06 bits per heavy atom. The van der Waals surface area contributed by atoms with Gasteiger partial charge in [-0.3, -0.25) is 0 Å². The molecule has 0 saturated carbocycles. The van der Waals surface area contributed by atoms with E-state index < -0.39 is 0 Å². The molecule has 2 saturated heterocycles. The van der Waals surface area contributed by atoms with Gasteiger partial charge in [-0.15, -0.1) is 0 Å². The van der Waals surface area contributed by atoms with Gasteiger partial charge in [0.25, 0.3) is 0 Å². The quantitative estimate of drug-likeness (QED) is 0.798. The summed E-state index contributed by atoms with van der Waals surface area (Å²) in [4.78, 5) is 2.73. The van der Waals surface area contributed by atoms with Crippen LogP contribution in [-0.4, -0.2) is 37.1 Å². The number of likely N-dealkylation sites (tertiary alicyclic amines) is 1. The van der Waals surface area contributed by atoms with E-state index in [1.807, 2.05) is 13.8 Å². The van der Waals surface area contributed by atoms with Crippen LogP contribution >= 0.6 is 0 Å². The molecule has 1 unspecified atom stereocenters. The molecule has 2 fully saturated rings. The molecule has 2 aliphatic rings. The minimum atomic E-state index is 0.819. The third-order valence-electron chi connectivity index (χ3n) is 4.46. The standard InChI is InChI=1S/C13H26N2.C2H6/c1-11-5-9-15(10-6-11)12(2)13-3-7-14-8-4-13;1-2/h11-14H,3-10H2,1-2H3;1-2H3. The molecule has 102 valence electrons. The van der Waals surface area contributed by atoms with Gasteiger partial charge >= 0.3 is 0 Å². The van der Waals surface area contributed by atoms with E-state index in [9.17, 15) is 0 Å². The third kappa shape index (κ3) is 4.59. The Labute approximate surface area is 108 Å². The zero-order valence-electron chi connectivity index (χ0n) is 12.3. The van der Waals surface area contributed by atoms with Crippen molar-refractivity contribution < 1.29 is 0 Å². The van der Waals surface area contributed by atoms with Crippen LogP contribution in [0.2, 0.25) is 0 Å². The molecule has 0 spiro atoms. The maximum absolute atomic E-state index is 3.46. The van der Waals surface area contributed by atoms with Crippen LogP contribution in [0.5, 0.6) is 0 Å². The summed E-state index contributed by atoms with van der Waals surface area (Å²) in [6, 6.07) is 0.819. The smallest absolute Gasteiger partial charge is 0.00961 e. The van der Waals surface area contributed by atoms with Gasteiger partial charge in [-0.2, -0.15) is 0 Å². The van der Waals surface area contributed by atoms with Crippen molar-refractivity contribution in [3.05, 3.63) is 0 Å². The van der Waals surface area contributed by atoms with E-state index in [-0.39, 0.29) is 0 Å². The average Bonchev–Trinajstić information content (AvgIpc) is 2.42. The lowest BCUT2D eigenvalue weighted by atomic mass is 9.88. The second kappa shape index (κ2) is 8.10. The van der Waals surface area contributed by atoms with Crippen molar-refractivity contribution in [1.82, 2.24) is 10.2 Å². The van der Waals surface area contributed by atoms with Crippen LogP contribution in [-0.2, 0) is 0 Å². The molecular formula is C15H32N2. The second-order valence-corrected chi connectivity index (χ2v) is 5.55. The number of piperidine rings is 2. The molecule has 2 aliphatic heterocycles. The monoisotopic (exact) mass is 240 g/mol. The predicted molar refractivity (Wildman–Crippen MR) is 76.4 cm³/mol. The summed E-state index contributed by atoms with van der Waals surface area (Å²) >= 11 is 0. The summed E-state index contributed by atoms with van der Waals surface area (Å²) in [5.41, 5.74) is 0. The molecule has 0 aromatic rings. The molecule has 0 aromatic heterocycles. The minimum absolute atomic E-state index is 0.819. The van der Waals surface area contributed by atoms with Crippen LogP contribution in [0.1, 0.15) is 53.4 Å². The fraction of sp³-hybridized carbons (Fsp3) is 1.00. The van der Waals surface area contributed by atoms with Crippen LogP contribution in [0.15, 0.2) is 0 Å². The highest BCUT2D eigenvalue weighted by Crippen LogP contribution is 2.25. The summed E-state index contributed by atoms with van der Waals surface area (Å²) in [5, 5.41) is 3.46. The highest BCUT2D eigenvalue weighted by atomic mass is 15.2. The largest absolute Gasteiger partial charge is 0.317 e. The Bertz CT molecular complexity index is 179. The van der Waals surface area contributed by atoms with E-state index in [1.165, 1.54) is 51.9 Å². The molecule has 0 radical (unpaired) electrons. The maximum atomic E-state index is 3.46. The first-order valence-corrected chi connectivity index (χ1v) is 7.72. The van der Waals surface area contributed by atoms with E-state index in [1.54, 1.807) is 0 Å². The first kappa shape index (κ1) is 15.0. The number of hydrogen-bond donors (Lipinski definition) is 1. The number of nitrogens with zero attached hydrogens (tertiary/aromatic N) is 1. The molecule has 0 amide bonds. The van der Waals surface area contributed by atoms with E-state index in [4.69, 9.17) is 0 Å². The highest BCUT2D eigenvalue weighted by molar-refractivity contribution is 4.82. The number of rotatable bonds is 2. The molecule has 0 aliphatic carbocycles. The fourth-order valence-electron chi connectivity index (χ4n) is 3.06. The normalized spacial score (nSPS) is 26.1. The van der Waals surface area contributed by atoms with Crippen molar-refractivity contribution in [3.8, 4) is 0 Å². The average molecular weight is 240 g/mol. The molecule has 2 rings (SSSR count). The van der Waals surface area contributed by atoms with E-state index in [2.05, 4.69) is 24.1 Å². The van der Waals surface area contributed by atoms with Gasteiger partial charge in [0.05, 0.1) is 0 Å². The molecule has 2 heterocycles. The summed E-state index contributed by atoms with van der Waals surface area (Å²) in [6.45, 7) is 14.0. The van der Waals surface area contributed by atoms with E-state index >= 15 is 0 Å². The lowest BCUT2D eigenvalue weighted by Crippen LogP contribution is -2.46. The molecule has 1 atom stereocenters. The lowest BCUT2D eigenvalue weighted by Gasteiger charge is -2.40. The van der Waals surface area contributed by atoms with Crippen LogP contribution in [0, 0.1) is 11.8 Å². The van der Waals surface area contributed by atoms with Crippen LogP contribution in [0.25, 0.3) is 0 Å². The Hall–Kier alpha value is -0.0800. The molecule has 0 aromatic carbocycles. The second-order valence-electron chi connectivity index (χ2n) is 5.55. The van der Waals surface area contributed by atoms with Crippen LogP contribution in [0.3, 0.4) is 0 Å². The minimum Gasteiger partial charge on any atom is -0.317 e. The molecule has 2 heteroatoms. The van der Waals surface area contributed by atoms with Gasteiger partial charge in [0.15, 0.2) is 0 Å². The SMILES string of the molecule is CC.CC1CCN(C(C)C2CCNCC2)CC1. The Morgan fingerprint density at radius 1 is 1.00 bits per heavy atom. The van der Waals surface area contributed by atoms with Crippen molar-refractivity contribution in [1.29, 1.82) is 0 Å². The zero-order chi connectivity index (χ0) is 12.7.